The molecule has 0 spiro atoms. The van der Waals surface area contributed by atoms with Crippen LogP contribution in [-0.4, -0.2) is 15.0 Å². The van der Waals surface area contributed by atoms with Crippen LogP contribution >= 0.6 is 0 Å². The Kier molecular flexibility index (Phi) is 0.621. The predicted molar refractivity (Wildman–Crippen MR) is 33.9 cm³/mol. The molecule has 0 unspecified atom stereocenters. The van der Waals surface area contributed by atoms with Crippen molar-refractivity contribution >= 4 is 11.0 Å². The molecule has 0 saturated heterocycles. The molecule has 2 aromatic heterocycles. The number of aromatic amines is 1. The van der Waals surface area contributed by atoms with Crippen molar-refractivity contribution in [1.82, 2.24) is 15.0 Å². The average molecular weight is 121 g/mol. The number of nitrogens with one attached hydrogen (secondary N) is 1. The fraction of sp³-hybridized carbons (Fsp3) is 0. The Balaban J connectivity index is 2.86. The Morgan fingerprint density at radius 3 is 3.67 bits per heavy atom. The van der Waals surface area contributed by atoms with E-state index in [2.05, 4.69) is 15.0 Å². The van der Waals surface area contributed by atoms with Crippen molar-refractivity contribution < 1.29 is 1.37 Å². The van der Waals surface area contributed by atoms with E-state index in [-0.39, 0.29) is 6.30 Å². The van der Waals surface area contributed by atoms with Crippen LogP contribution in [0.5, 0.6) is 0 Å². The highest BCUT2D eigenvalue weighted by atomic mass is 14.9. The molecule has 0 bridgehead atoms. The summed E-state index contributed by atoms with van der Waals surface area (Å²) in [7, 11) is 0. The zero-order chi connectivity index (χ0) is 6.97. The number of fused-ring (bicyclic) bond motifs is 1. The Morgan fingerprint density at radius 1 is 1.67 bits per heavy atom. The van der Waals surface area contributed by atoms with Crippen molar-refractivity contribution in [3.63, 3.8) is 0 Å². The van der Waals surface area contributed by atoms with E-state index in [1.165, 1.54) is 0 Å². The van der Waals surface area contributed by atoms with E-state index in [4.69, 9.17) is 1.37 Å². The molecule has 2 aromatic rings. The van der Waals surface area contributed by atoms with Gasteiger partial charge in [0.05, 0.1) is 0 Å². The van der Waals surface area contributed by atoms with Crippen LogP contribution in [0.15, 0.2) is 24.8 Å². The summed E-state index contributed by atoms with van der Waals surface area (Å²) in [5, 5.41) is 0.941. The van der Waals surface area contributed by atoms with Crippen molar-refractivity contribution in [2.24, 2.45) is 0 Å². The summed E-state index contributed by atoms with van der Waals surface area (Å²) in [6.45, 7) is 0. The molecular weight excluding hydrogens is 114 g/mol. The lowest BCUT2D eigenvalue weighted by Gasteiger charge is -1.81. The third-order valence-electron chi connectivity index (χ3n) is 1.18. The first-order valence-electron chi connectivity index (χ1n) is 3.13. The van der Waals surface area contributed by atoms with Crippen molar-refractivity contribution in [3.05, 3.63) is 24.8 Å². The molecule has 0 aliphatic carbocycles. The second kappa shape index (κ2) is 1.55. The van der Waals surface area contributed by atoms with Crippen LogP contribution < -0.4 is 0 Å². The summed E-state index contributed by atoms with van der Waals surface area (Å²) < 4.78 is 7.07. The fourth-order valence-corrected chi connectivity index (χ4v) is 0.751. The quantitative estimate of drug-likeness (QED) is 0.564. The first kappa shape index (κ1) is 3.61. The van der Waals surface area contributed by atoms with Gasteiger partial charge < -0.3 is 4.98 Å². The van der Waals surface area contributed by atoms with Crippen LogP contribution in [-0.2, 0) is 0 Å². The van der Waals surface area contributed by atoms with E-state index in [9.17, 15) is 0 Å². The van der Waals surface area contributed by atoms with Crippen molar-refractivity contribution in [2.45, 2.75) is 0 Å². The highest BCUT2D eigenvalue weighted by Crippen LogP contribution is 2.03. The number of H-pyrrole nitrogens is 1. The van der Waals surface area contributed by atoms with Gasteiger partial charge in [0, 0.05) is 17.8 Å². The molecule has 3 heteroatoms. The van der Waals surface area contributed by atoms with Gasteiger partial charge in [0.15, 0.2) is 0 Å². The maximum atomic E-state index is 7.07. The molecule has 9 heavy (non-hydrogen) atoms. The van der Waals surface area contributed by atoms with E-state index in [1.807, 2.05) is 6.07 Å². The Labute approximate surface area is 53.2 Å². The first-order valence-corrected chi connectivity index (χ1v) is 2.63. The van der Waals surface area contributed by atoms with Gasteiger partial charge in [0.25, 0.3) is 0 Å². The molecule has 0 amide bonds. The molecule has 3 nitrogen and oxygen atoms in total. The lowest BCUT2D eigenvalue weighted by molar-refractivity contribution is 1.20. The van der Waals surface area contributed by atoms with E-state index >= 15 is 0 Å². The van der Waals surface area contributed by atoms with Gasteiger partial charge in [-0.1, -0.05) is 0 Å². The summed E-state index contributed by atoms with van der Waals surface area (Å²) in [4.78, 5) is 10.4. The van der Waals surface area contributed by atoms with Gasteiger partial charge in [0.1, 0.15) is 13.3 Å². The van der Waals surface area contributed by atoms with E-state index in [1.54, 1.807) is 12.4 Å². The average Bonchev–Trinajstić information content (AvgIpc) is 2.33. The molecule has 1 N–H and O–H groups in total. The molecule has 44 valence electrons. The molecule has 2 heterocycles. The number of hydrogen-bond donors (Lipinski definition) is 1. The van der Waals surface area contributed by atoms with E-state index < -0.39 is 0 Å². The summed E-state index contributed by atoms with van der Waals surface area (Å²) >= 11 is 0. The molecular formula is C6H5N3. The normalized spacial score (nSPS) is 11.8. The minimum absolute atomic E-state index is 0.0509. The van der Waals surface area contributed by atoms with Gasteiger partial charge in [-0.25, -0.2) is 9.97 Å². The molecule has 0 aliphatic heterocycles. The Morgan fingerprint density at radius 2 is 2.67 bits per heavy atom. The lowest BCUT2D eigenvalue weighted by atomic mass is 10.4. The Hall–Kier alpha value is -1.38. The van der Waals surface area contributed by atoms with Gasteiger partial charge in [-0.15, -0.1) is 0 Å². The number of rotatable bonds is 0. The van der Waals surface area contributed by atoms with Crippen LogP contribution in [0.1, 0.15) is 1.37 Å². The van der Waals surface area contributed by atoms with Crippen molar-refractivity contribution in [3.8, 4) is 0 Å². The van der Waals surface area contributed by atoms with Gasteiger partial charge in [-0.2, -0.15) is 0 Å². The number of nitrogens with zero attached hydrogens (tertiary/aromatic N) is 2. The van der Waals surface area contributed by atoms with Crippen molar-refractivity contribution in [2.75, 3.05) is 0 Å². The van der Waals surface area contributed by atoms with Crippen LogP contribution in [0, 0.1) is 0 Å². The summed E-state index contributed by atoms with van der Waals surface area (Å²) in [5.74, 6) is 0. The fourth-order valence-electron chi connectivity index (χ4n) is 0.751. The van der Waals surface area contributed by atoms with Gasteiger partial charge in [0.2, 0.25) is 0 Å². The molecule has 2 rings (SSSR count). The summed E-state index contributed by atoms with van der Waals surface area (Å²) in [5.41, 5.74) is 0.722. The SMILES string of the molecule is [3H]c1ncc2cc[nH]c2n1. The van der Waals surface area contributed by atoms with Crippen LogP contribution in [0.4, 0.5) is 0 Å². The second-order valence-corrected chi connectivity index (χ2v) is 1.75. The molecule has 0 radical (unpaired) electrons. The molecule has 0 fully saturated rings. The highest BCUT2D eigenvalue weighted by molar-refractivity contribution is 5.73. The van der Waals surface area contributed by atoms with Crippen LogP contribution in [0.25, 0.3) is 11.0 Å². The maximum absolute atomic E-state index is 7.07. The third kappa shape index (κ3) is 0.579. The molecule has 0 saturated carbocycles. The summed E-state index contributed by atoms with van der Waals surface area (Å²) in [6, 6.07) is 1.87. The molecule has 0 aromatic carbocycles. The number of hydrogen-bond acceptors (Lipinski definition) is 2. The van der Waals surface area contributed by atoms with E-state index in [0.29, 0.717) is 0 Å². The van der Waals surface area contributed by atoms with E-state index in [0.717, 1.165) is 11.0 Å². The smallest absolute Gasteiger partial charge is 0.140 e. The van der Waals surface area contributed by atoms with Crippen molar-refractivity contribution in [1.29, 1.82) is 0 Å². The highest BCUT2D eigenvalue weighted by Gasteiger charge is 1.89. The minimum Gasteiger partial charge on any atom is -0.346 e. The maximum Gasteiger partial charge on any atom is 0.140 e. The predicted octanol–water partition coefficient (Wildman–Crippen LogP) is 0.958. The minimum atomic E-state index is 0.0509. The third-order valence-corrected chi connectivity index (χ3v) is 1.18. The van der Waals surface area contributed by atoms with Crippen LogP contribution in [0.2, 0.25) is 0 Å². The summed E-state index contributed by atoms with van der Waals surface area (Å²) in [6.07, 6.45) is 3.45. The molecule has 0 aliphatic rings. The second-order valence-electron chi connectivity index (χ2n) is 1.75. The zero-order valence-electron chi connectivity index (χ0n) is 5.63. The van der Waals surface area contributed by atoms with Gasteiger partial charge in [-0.3, -0.25) is 0 Å². The Bertz CT molecular complexity index is 355. The lowest BCUT2D eigenvalue weighted by Crippen LogP contribution is -1.75. The largest absolute Gasteiger partial charge is 0.346 e. The monoisotopic (exact) mass is 121 g/mol. The zero-order valence-corrected chi connectivity index (χ0v) is 4.63. The standard InChI is InChI=1S/C6H5N3/c1-2-8-6-5(1)3-7-4-9-6/h1-4H,(H,7,8,9)/i4T. The molecule has 0 atom stereocenters. The van der Waals surface area contributed by atoms with Gasteiger partial charge >= 0.3 is 0 Å². The topological polar surface area (TPSA) is 41.6 Å². The van der Waals surface area contributed by atoms with Gasteiger partial charge in [-0.05, 0) is 6.07 Å². The first-order chi connectivity index (χ1) is 4.86. The number of aromatic nitrogens is 3. The van der Waals surface area contributed by atoms with Crippen LogP contribution in [0.3, 0.4) is 0 Å².